The molecule has 7 heteroatoms. The van der Waals surface area contributed by atoms with E-state index in [9.17, 15) is 14.4 Å². The molecule has 19 heavy (non-hydrogen) atoms. The van der Waals surface area contributed by atoms with E-state index in [4.69, 9.17) is 4.74 Å². The molecule has 0 radical (unpaired) electrons. The number of nitrogens with zero attached hydrogens (tertiary/aromatic N) is 1. The molecule has 0 bridgehead atoms. The number of methoxy groups -OCH3 is 1. The zero-order chi connectivity index (χ0) is 14.4. The van der Waals surface area contributed by atoms with Gasteiger partial charge in [0.25, 0.3) is 0 Å². The number of carbonyl (C=O) groups excluding carboxylic acids is 3. The Labute approximate surface area is 111 Å². The van der Waals surface area contributed by atoms with Crippen LogP contribution < -0.4 is 5.32 Å². The van der Waals surface area contributed by atoms with Crippen molar-refractivity contribution in [1.82, 2.24) is 10.2 Å². The SMILES string of the molecule is COC(=O)/C=C/C(=O)OCC1CN(C(C)C)C(=O)N1. The Balaban J connectivity index is 2.34. The monoisotopic (exact) mass is 270 g/mol. The largest absolute Gasteiger partial charge is 0.466 e. The van der Waals surface area contributed by atoms with E-state index in [1.54, 1.807) is 4.90 Å². The van der Waals surface area contributed by atoms with Crippen LogP contribution in [0.2, 0.25) is 0 Å². The minimum Gasteiger partial charge on any atom is -0.466 e. The van der Waals surface area contributed by atoms with Crippen molar-refractivity contribution in [3.63, 3.8) is 0 Å². The van der Waals surface area contributed by atoms with E-state index in [1.807, 2.05) is 13.8 Å². The van der Waals surface area contributed by atoms with Gasteiger partial charge < -0.3 is 19.7 Å². The first-order valence-electron chi connectivity index (χ1n) is 5.94. The Kier molecular flexibility index (Phi) is 5.35. The van der Waals surface area contributed by atoms with Crippen molar-refractivity contribution in [2.24, 2.45) is 0 Å². The van der Waals surface area contributed by atoms with Gasteiger partial charge in [-0.1, -0.05) is 0 Å². The number of rotatable bonds is 5. The second-order valence-electron chi connectivity index (χ2n) is 4.38. The van der Waals surface area contributed by atoms with E-state index in [0.29, 0.717) is 6.54 Å². The Hall–Kier alpha value is -2.05. The normalized spacial score (nSPS) is 18.8. The van der Waals surface area contributed by atoms with Crippen LogP contribution in [0.25, 0.3) is 0 Å². The van der Waals surface area contributed by atoms with Gasteiger partial charge in [0.2, 0.25) is 0 Å². The molecule has 1 saturated heterocycles. The van der Waals surface area contributed by atoms with Gasteiger partial charge in [0.1, 0.15) is 6.61 Å². The van der Waals surface area contributed by atoms with E-state index in [0.717, 1.165) is 12.2 Å². The molecular weight excluding hydrogens is 252 g/mol. The molecule has 0 aliphatic carbocycles. The lowest BCUT2D eigenvalue weighted by Crippen LogP contribution is -2.34. The average Bonchev–Trinajstić information content (AvgIpc) is 2.74. The van der Waals surface area contributed by atoms with Crippen molar-refractivity contribution in [2.45, 2.75) is 25.9 Å². The highest BCUT2D eigenvalue weighted by Crippen LogP contribution is 2.08. The molecule has 1 N–H and O–H groups in total. The van der Waals surface area contributed by atoms with E-state index < -0.39 is 11.9 Å². The molecule has 0 aromatic carbocycles. The fourth-order valence-electron chi connectivity index (χ4n) is 1.60. The highest BCUT2D eigenvalue weighted by molar-refractivity contribution is 5.91. The fraction of sp³-hybridized carbons (Fsp3) is 0.583. The van der Waals surface area contributed by atoms with E-state index >= 15 is 0 Å². The van der Waals surface area contributed by atoms with Gasteiger partial charge in [-0.2, -0.15) is 0 Å². The lowest BCUT2D eigenvalue weighted by Gasteiger charge is -2.18. The van der Waals surface area contributed by atoms with Gasteiger partial charge in [-0.3, -0.25) is 0 Å². The van der Waals surface area contributed by atoms with Crippen LogP contribution in [0.15, 0.2) is 12.2 Å². The van der Waals surface area contributed by atoms with Crippen LogP contribution in [0.5, 0.6) is 0 Å². The molecule has 0 saturated carbocycles. The molecule has 1 heterocycles. The maximum Gasteiger partial charge on any atom is 0.331 e. The van der Waals surface area contributed by atoms with Gasteiger partial charge in [-0.25, -0.2) is 14.4 Å². The Morgan fingerprint density at radius 2 is 2.05 bits per heavy atom. The Bertz CT molecular complexity index is 392. The summed E-state index contributed by atoms with van der Waals surface area (Å²) in [6.07, 6.45) is 1.97. The minimum atomic E-state index is -0.650. The number of nitrogens with one attached hydrogen (secondary N) is 1. The van der Waals surface area contributed by atoms with E-state index in [1.165, 1.54) is 7.11 Å². The van der Waals surface area contributed by atoms with Crippen molar-refractivity contribution >= 4 is 18.0 Å². The maximum atomic E-state index is 11.5. The van der Waals surface area contributed by atoms with Crippen molar-refractivity contribution in [2.75, 3.05) is 20.3 Å². The summed E-state index contributed by atoms with van der Waals surface area (Å²) >= 11 is 0. The average molecular weight is 270 g/mol. The van der Waals surface area contributed by atoms with Crippen LogP contribution in [0.1, 0.15) is 13.8 Å². The van der Waals surface area contributed by atoms with E-state index in [2.05, 4.69) is 10.1 Å². The summed E-state index contributed by atoms with van der Waals surface area (Å²) in [5.74, 6) is -1.28. The van der Waals surface area contributed by atoms with Gasteiger partial charge in [0.15, 0.2) is 0 Å². The van der Waals surface area contributed by atoms with Crippen molar-refractivity contribution in [1.29, 1.82) is 0 Å². The minimum absolute atomic E-state index is 0.0688. The molecule has 1 rings (SSSR count). The molecule has 2 amide bonds. The van der Waals surface area contributed by atoms with Crippen molar-refractivity contribution in [3.8, 4) is 0 Å². The molecule has 0 aromatic heterocycles. The summed E-state index contributed by atoms with van der Waals surface area (Å²) in [4.78, 5) is 35.2. The predicted molar refractivity (Wildman–Crippen MR) is 66.3 cm³/mol. The first kappa shape index (κ1) is 15.0. The first-order valence-corrected chi connectivity index (χ1v) is 5.94. The number of esters is 2. The highest BCUT2D eigenvalue weighted by Gasteiger charge is 2.30. The van der Waals surface area contributed by atoms with Gasteiger partial charge in [-0.05, 0) is 13.8 Å². The van der Waals surface area contributed by atoms with Gasteiger partial charge >= 0.3 is 18.0 Å². The topological polar surface area (TPSA) is 84.9 Å². The summed E-state index contributed by atoms with van der Waals surface area (Å²) < 4.78 is 9.26. The summed E-state index contributed by atoms with van der Waals surface area (Å²) in [6, 6.07) is -0.300. The molecule has 1 aliphatic rings. The second kappa shape index (κ2) is 6.77. The zero-order valence-electron chi connectivity index (χ0n) is 11.2. The predicted octanol–water partition coefficient (Wildman–Crippen LogP) is 0.0610. The molecule has 0 spiro atoms. The molecule has 106 valence electrons. The van der Waals surface area contributed by atoms with Gasteiger partial charge in [-0.15, -0.1) is 0 Å². The molecular formula is C12H18N2O5. The number of carbonyl (C=O) groups is 3. The van der Waals surface area contributed by atoms with Gasteiger partial charge in [0.05, 0.1) is 13.2 Å². The Morgan fingerprint density at radius 1 is 1.42 bits per heavy atom. The van der Waals surface area contributed by atoms with Gasteiger partial charge in [0, 0.05) is 24.7 Å². The van der Waals surface area contributed by atoms with Crippen LogP contribution in [0.3, 0.4) is 0 Å². The molecule has 0 aromatic rings. The Morgan fingerprint density at radius 3 is 2.58 bits per heavy atom. The van der Waals surface area contributed by atoms with Crippen molar-refractivity contribution in [3.05, 3.63) is 12.2 Å². The third-order valence-electron chi connectivity index (χ3n) is 2.61. The summed E-state index contributed by atoms with van der Waals surface area (Å²) in [7, 11) is 1.21. The highest BCUT2D eigenvalue weighted by atomic mass is 16.5. The number of urea groups is 1. The summed E-state index contributed by atoms with van der Waals surface area (Å²) in [6.45, 7) is 4.38. The van der Waals surface area contributed by atoms with Crippen LogP contribution in [0.4, 0.5) is 4.79 Å². The molecule has 1 fully saturated rings. The molecule has 1 aliphatic heterocycles. The zero-order valence-corrected chi connectivity index (χ0v) is 11.2. The third-order valence-corrected chi connectivity index (χ3v) is 2.61. The smallest absolute Gasteiger partial charge is 0.331 e. The molecule has 1 unspecified atom stereocenters. The molecule has 1 atom stereocenters. The third kappa shape index (κ3) is 4.61. The van der Waals surface area contributed by atoms with Crippen LogP contribution in [-0.4, -0.2) is 55.2 Å². The standard InChI is InChI=1S/C12H18N2O5/c1-8(2)14-6-9(13-12(14)17)7-19-11(16)5-4-10(15)18-3/h4-5,8-9H,6-7H2,1-3H3,(H,13,17)/b5-4+. The number of hydrogen-bond acceptors (Lipinski definition) is 5. The maximum absolute atomic E-state index is 11.5. The van der Waals surface area contributed by atoms with Crippen LogP contribution >= 0.6 is 0 Å². The fourth-order valence-corrected chi connectivity index (χ4v) is 1.60. The quantitative estimate of drug-likeness (QED) is 0.564. The van der Waals surface area contributed by atoms with Crippen LogP contribution in [0, 0.1) is 0 Å². The number of ether oxygens (including phenoxy) is 2. The summed E-state index contributed by atoms with van der Waals surface area (Å²) in [5.41, 5.74) is 0. The number of hydrogen-bond donors (Lipinski definition) is 1. The van der Waals surface area contributed by atoms with E-state index in [-0.39, 0.29) is 24.7 Å². The number of amides is 2. The summed E-state index contributed by atoms with van der Waals surface area (Å²) in [5, 5.41) is 2.71. The van der Waals surface area contributed by atoms with Crippen molar-refractivity contribution < 1.29 is 23.9 Å². The second-order valence-corrected chi connectivity index (χ2v) is 4.38. The lowest BCUT2D eigenvalue weighted by atomic mass is 10.3. The lowest BCUT2D eigenvalue weighted by molar-refractivity contribution is -0.139. The molecule has 7 nitrogen and oxygen atoms in total. The first-order chi connectivity index (χ1) is 8.93. The van der Waals surface area contributed by atoms with Crippen LogP contribution in [-0.2, 0) is 19.1 Å².